The number of hydrogen-bond donors (Lipinski definition) is 1. The second-order valence-electron chi connectivity index (χ2n) is 7.07. The SMILES string of the molecule is CC(C)(C)c1cnc(CN=C(N)N2CCN(c3ncccn3)CC2)o1. The van der Waals surface area contributed by atoms with Crippen LogP contribution in [-0.4, -0.2) is 52.0 Å². The number of anilines is 1. The van der Waals surface area contributed by atoms with Crippen molar-refractivity contribution < 1.29 is 4.42 Å². The van der Waals surface area contributed by atoms with Crippen molar-refractivity contribution in [2.45, 2.75) is 32.7 Å². The van der Waals surface area contributed by atoms with Crippen LogP contribution in [0.25, 0.3) is 0 Å². The Kier molecular flexibility index (Phi) is 4.87. The summed E-state index contributed by atoms with van der Waals surface area (Å²) in [5.41, 5.74) is 6.07. The van der Waals surface area contributed by atoms with E-state index in [0.29, 0.717) is 18.4 Å². The van der Waals surface area contributed by atoms with Crippen molar-refractivity contribution in [2.75, 3.05) is 31.1 Å². The zero-order chi connectivity index (χ0) is 17.9. The average molecular weight is 343 g/mol. The van der Waals surface area contributed by atoms with E-state index in [-0.39, 0.29) is 5.41 Å². The molecular weight excluding hydrogens is 318 g/mol. The van der Waals surface area contributed by atoms with Crippen LogP contribution in [0.3, 0.4) is 0 Å². The van der Waals surface area contributed by atoms with Gasteiger partial charge in [-0.2, -0.15) is 0 Å². The van der Waals surface area contributed by atoms with Crippen molar-refractivity contribution in [1.29, 1.82) is 0 Å². The molecule has 25 heavy (non-hydrogen) atoms. The van der Waals surface area contributed by atoms with E-state index in [1.807, 2.05) is 6.07 Å². The quantitative estimate of drug-likeness (QED) is 0.664. The molecule has 1 aliphatic rings. The van der Waals surface area contributed by atoms with Crippen LogP contribution in [0.4, 0.5) is 5.95 Å². The number of rotatable bonds is 3. The molecule has 8 nitrogen and oxygen atoms in total. The Morgan fingerprint density at radius 2 is 1.84 bits per heavy atom. The van der Waals surface area contributed by atoms with E-state index < -0.39 is 0 Å². The summed E-state index contributed by atoms with van der Waals surface area (Å²) in [4.78, 5) is 21.5. The van der Waals surface area contributed by atoms with Crippen molar-refractivity contribution in [3.8, 4) is 0 Å². The monoisotopic (exact) mass is 343 g/mol. The highest BCUT2D eigenvalue weighted by Gasteiger charge is 2.21. The highest BCUT2D eigenvalue weighted by atomic mass is 16.4. The van der Waals surface area contributed by atoms with Gasteiger partial charge in [0.15, 0.2) is 5.96 Å². The van der Waals surface area contributed by atoms with Gasteiger partial charge in [-0.05, 0) is 6.07 Å². The average Bonchev–Trinajstić information content (AvgIpc) is 3.10. The number of guanidine groups is 1. The molecule has 0 atom stereocenters. The molecule has 1 fully saturated rings. The Morgan fingerprint density at radius 3 is 2.44 bits per heavy atom. The lowest BCUT2D eigenvalue weighted by atomic mass is 9.94. The van der Waals surface area contributed by atoms with Crippen LogP contribution in [0, 0.1) is 0 Å². The molecule has 3 heterocycles. The summed E-state index contributed by atoms with van der Waals surface area (Å²) in [5.74, 6) is 2.72. The summed E-state index contributed by atoms with van der Waals surface area (Å²) in [6, 6.07) is 1.82. The van der Waals surface area contributed by atoms with Gasteiger partial charge in [0.05, 0.1) is 6.20 Å². The predicted molar refractivity (Wildman–Crippen MR) is 96.3 cm³/mol. The minimum Gasteiger partial charge on any atom is -0.443 e. The van der Waals surface area contributed by atoms with Gasteiger partial charge < -0.3 is 20.0 Å². The van der Waals surface area contributed by atoms with Crippen LogP contribution in [0.5, 0.6) is 0 Å². The van der Waals surface area contributed by atoms with Gasteiger partial charge in [-0.25, -0.2) is 19.9 Å². The molecule has 0 bridgehead atoms. The van der Waals surface area contributed by atoms with Gasteiger partial charge in [-0.15, -0.1) is 0 Å². The van der Waals surface area contributed by atoms with E-state index in [1.165, 1.54) is 0 Å². The van der Waals surface area contributed by atoms with Gasteiger partial charge in [0.25, 0.3) is 0 Å². The Hall–Kier alpha value is -2.64. The number of piperazine rings is 1. The van der Waals surface area contributed by atoms with E-state index in [4.69, 9.17) is 10.2 Å². The highest BCUT2D eigenvalue weighted by molar-refractivity contribution is 5.78. The maximum absolute atomic E-state index is 6.13. The summed E-state index contributed by atoms with van der Waals surface area (Å²) in [6.07, 6.45) is 5.28. The number of hydrogen-bond acceptors (Lipinski definition) is 6. The fraction of sp³-hybridized carbons (Fsp3) is 0.529. The standard InChI is InChI=1S/C17H25N7O/c1-17(2,3)13-11-21-14(25-13)12-22-15(18)23-7-9-24(10-8-23)16-19-5-4-6-20-16/h4-6,11H,7-10,12H2,1-3H3,(H2,18,22). The van der Waals surface area contributed by atoms with E-state index in [9.17, 15) is 0 Å². The van der Waals surface area contributed by atoms with Gasteiger partial charge in [0, 0.05) is 44.0 Å². The fourth-order valence-corrected chi connectivity index (χ4v) is 2.57. The van der Waals surface area contributed by atoms with E-state index in [0.717, 1.165) is 37.9 Å². The summed E-state index contributed by atoms with van der Waals surface area (Å²) in [7, 11) is 0. The highest BCUT2D eigenvalue weighted by Crippen LogP contribution is 2.22. The molecule has 3 rings (SSSR count). The van der Waals surface area contributed by atoms with E-state index in [2.05, 4.69) is 50.5 Å². The molecule has 1 aliphatic heterocycles. The molecule has 2 N–H and O–H groups in total. The summed E-state index contributed by atoms with van der Waals surface area (Å²) < 4.78 is 5.74. The first-order valence-electron chi connectivity index (χ1n) is 8.45. The fourth-order valence-electron chi connectivity index (χ4n) is 2.57. The van der Waals surface area contributed by atoms with Gasteiger partial charge in [-0.3, -0.25) is 0 Å². The number of nitrogens with two attached hydrogens (primary N) is 1. The molecule has 134 valence electrons. The van der Waals surface area contributed by atoms with Gasteiger partial charge >= 0.3 is 0 Å². The summed E-state index contributed by atoms with van der Waals surface area (Å²) >= 11 is 0. The number of oxazole rings is 1. The second-order valence-corrected chi connectivity index (χ2v) is 7.07. The Morgan fingerprint density at radius 1 is 1.16 bits per heavy atom. The number of aromatic nitrogens is 3. The molecule has 0 spiro atoms. The van der Waals surface area contributed by atoms with Crippen LogP contribution in [0.1, 0.15) is 32.4 Å². The molecule has 2 aromatic heterocycles. The Bertz CT molecular complexity index is 712. The molecule has 0 saturated carbocycles. The minimum absolute atomic E-state index is 0.0592. The van der Waals surface area contributed by atoms with Gasteiger partial charge in [-0.1, -0.05) is 20.8 Å². The van der Waals surface area contributed by atoms with Crippen LogP contribution in [0.15, 0.2) is 34.1 Å². The second kappa shape index (κ2) is 7.08. The molecule has 0 aliphatic carbocycles. The molecule has 0 amide bonds. The number of aliphatic imine (C=N–C) groups is 1. The topological polar surface area (TPSA) is 96.7 Å². The smallest absolute Gasteiger partial charge is 0.225 e. The molecule has 1 saturated heterocycles. The van der Waals surface area contributed by atoms with Crippen molar-refractivity contribution in [1.82, 2.24) is 19.9 Å². The maximum Gasteiger partial charge on any atom is 0.225 e. The van der Waals surface area contributed by atoms with Crippen LogP contribution >= 0.6 is 0 Å². The van der Waals surface area contributed by atoms with E-state index >= 15 is 0 Å². The molecule has 0 aromatic carbocycles. The van der Waals surface area contributed by atoms with Crippen molar-refractivity contribution in [2.24, 2.45) is 10.7 Å². The van der Waals surface area contributed by atoms with Crippen LogP contribution < -0.4 is 10.6 Å². The Balaban J connectivity index is 1.54. The third kappa shape index (κ3) is 4.26. The van der Waals surface area contributed by atoms with E-state index in [1.54, 1.807) is 18.6 Å². The molecular formula is C17H25N7O. The summed E-state index contributed by atoms with van der Waals surface area (Å²) in [6.45, 7) is 9.81. The van der Waals surface area contributed by atoms with Crippen LogP contribution in [-0.2, 0) is 12.0 Å². The lowest BCUT2D eigenvalue weighted by Gasteiger charge is -2.35. The molecule has 8 heteroatoms. The molecule has 0 radical (unpaired) electrons. The summed E-state index contributed by atoms with van der Waals surface area (Å²) in [5, 5.41) is 0. The van der Waals surface area contributed by atoms with Gasteiger partial charge in [0.2, 0.25) is 11.8 Å². The van der Waals surface area contributed by atoms with Crippen molar-refractivity contribution in [3.63, 3.8) is 0 Å². The minimum atomic E-state index is -0.0592. The first kappa shape index (κ1) is 17.2. The first-order chi connectivity index (χ1) is 11.9. The van der Waals surface area contributed by atoms with Gasteiger partial charge in [0.1, 0.15) is 12.3 Å². The third-order valence-corrected chi connectivity index (χ3v) is 4.11. The third-order valence-electron chi connectivity index (χ3n) is 4.11. The molecule has 2 aromatic rings. The van der Waals surface area contributed by atoms with Crippen molar-refractivity contribution >= 4 is 11.9 Å². The zero-order valence-electron chi connectivity index (χ0n) is 15.0. The first-order valence-corrected chi connectivity index (χ1v) is 8.45. The zero-order valence-corrected chi connectivity index (χ0v) is 15.0. The molecule has 0 unspecified atom stereocenters. The van der Waals surface area contributed by atoms with Crippen molar-refractivity contribution in [3.05, 3.63) is 36.3 Å². The van der Waals surface area contributed by atoms with Crippen LogP contribution in [0.2, 0.25) is 0 Å². The maximum atomic E-state index is 6.13. The normalized spacial score (nSPS) is 16.4. The predicted octanol–water partition coefficient (Wildman–Crippen LogP) is 1.40. The lowest BCUT2D eigenvalue weighted by molar-refractivity contribution is 0.371. The number of nitrogens with zero attached hydrogens (tertiary/aromatic N) is 6. The lowest BCUT2D eigenvalue weighted by Crippen LogP contribution is -2.51. The largest absolute Gasteiger partial charge is 0.443 e. The Labute approximate surface area is 147 Å².